The molecule has 0 aliphatic rings. The Morgan fingerprint density at radius 1 is 1.25 bits per heavy atom. The fourth-order valence-corrected chi connectivity index (χ4v) is 1.79. The minimum atomic E-state index is -2.88. The molecule has 108 valence electrons. The fraction of sp³-hybridized carbons (Fsp3) is 0.286. The van der Waals surface area contributed by atoms with Crippen molar-refractivity contribution in [2.75, 3.05) is 12.4 Å². The molecule has 0 fully saturated rings. The van der Waals surface area contributed by atoms with Crippen LogP contribution in [0.3, 0.4) is 0 Å². The zero-order chi connectivity index (χ0) is 14.5. The highest BCUT2D eigenvalue weighted by Crippen LogP contribution is 2.33. The lowest BCUT2D eigenvalue weighted by Gasteiger charge is -2.18. The van der Waals surface area contributed by atoms with Crippen molar-refractivity contribution in [1.82, 2.24) is 0 Å². The van der Waals surface area contributed by atoms with Crippen molar-refractivity contribution in [1.29, 1.82) is 0 Å². The van der Waals surface area contributed by atoms with E-state index in [1.165, 1.54) is 13.2 Å². The lowest BCUT2D eigenvalue weighted by atomic mass is 10.1. The summed E-state index contributed by atoms with van der Waals surface area (Å²) in [5, 5.41) is 3.09. The minimum absolute atomic E-state index is 0.0659. The first-order valence-electron chi connectivity index (χ1n) is 6.01. The van der Waals surface area contributed by atoms with Gasteiger partial charge in [-0.2, -0.15) is 8.78 Å². The van der Waals surface area contributed by atoms with E-state index in [4.69, 9.17) is 9.15 Å². The summed E-state index contributed by atoms with van der Waals surface area (Å²) in [7, 11) is 1.51. The van der Waals surface area contributed by atoms with Crippen molar-refractivity contribution in [2.45, 2.75) is 19.6 Å². The van der Waals surface area contributed by atoms with Crippen LogP contribution in [0, 0.1) is 0 Å². The molecule has 2 rings (SSSR count). The number of halogens is 2. The average Bonchev–Trinajstić information content (AvgIpc) is 2.94. The monoisotopic (exact) mass is 283 g/mol. The molecule has 4 nitrogen and oxygen atoms in total. The molecular formula is C14H15F2NO3. The van der Waals surface area contributed by atoms with E-state index in [9.17, 15) is 8.78 Å². The lowest BCUT2D eigenvalue weighted by molar-refractivity contribution is -0.0494. The second-order valence-corrected chi connectivity index (χ2v) is 4.16. The van der Waals surface area contributed by atoms with Crippen molar-refractivity contribution >= 4 is 5.69 Å². The third-order valence-electron chi connectivity index (χ3n) is 2.82. The molecule has 0 saturated carbocycles. The van der Waals surface area contributed by atoms with Gasteiger partial charge in [-0.25, -0.2) is 0 Å². The predicted octanol–water partition coefficient (Wildman–Crippen LogP) is 4.06. The van der Waals surface area contributed by atoms with E-state index in [1.54, 1.807) is 30.7 Å². The first-order valence-corrected chi connectivity index (χ1v) is 6.01. The summed E-state index contributed by atoms with van der Waals surface area (Å²) < 4.78 is 39.4. The van der Waals surface area contributed by atoms with Crippen LogP contribution >= 0.6 is 0 Å². The smallest absolute Gasteiger partial charge is 0.387 e. The molecule has 1 atom stereocenters. The summed E-state index contributed by atoms with van der Waals surface area (Å²) in [6.45, 7) is -0.996. The van der Waals surface area contributed by atoms with Crippen molar-refractivity contribution < 1.29 is 22.7 Å². The molecular weight excluding hydrogens is 268 g/mol. The molecule has 1 unspecified atom stereocenters. The second-order valence-electron chi connectivity index (χ2n) is 4.16. The van der Waals surface area contributed by atoms with E-state index in [-0.39, 0.29) is 11.8 Å². The van der Waals surface area contributed by atoms with Gasteiger partial charge in [0.15, 0.2) is 0 Å². The topological polar surface area (TPSA) is 43.6 Å². The second kappa shape index (κ2) is 6.27. The van der Waals surface area contributed by atoms with Crippen molar-refractivity contribution in [3.8, 4) is 11.5 Å². The van der Waals surface area contributed by atoms with Crippen LogP contribution < -0.4 is 14.8 Å². The molecule has 0 aliphatic carbocycles. The highest BCUT2D eigenvalue weighted by Gasteiger charge is 2.14. The van der Waals surface area contributed by atoms with Crippen molar-refractivity contribution in [3.63, 3.8) is 0 Å². The number of alkyl halides is 2. The van der Waals surface area contributed by atoms with Gasteiger partial charge in [-0.15, -0.1) is 0 Å². The molecule has 2 aromatic rings. The Morgan fingerprint density at radius 3 is 2.65 bits per heavy atom. The van der Waals surface area contributed by atoms with Gasteiger partial charge in [0, 0.05) is 11.6 Å². The molecule has 1 N–H and O–H groups in total. The third kappa shape index (κ3) is 3.40. The lowest BCUT2D eigenvalue weighted by Crippen LogP contribution is -2.09. The summed E-state index contributed by atoms with van der Waals surface area (Å²) in [5.41, 5.74) is 1.33. The van der Waals surface area contributed by atoms with Gasteiger partial charge in [-0.05, 0) is 25.1 Å². The number of furan rings is 1. The van der Waals surface area contributed by atoms with Crippen LogP contribution in [0.1, 0.15) is 18.5 Å². The molecule has 0 saturated heterocycles. The van der Waals surface area contributed by atoms with Crippen LogP contribution in [0.2, 0.25) is 0 Å². The molecule has 0 aliphatic heterocycles. The summed E-state index contributed by atoms with van der Waals surface area (Å²) in [5.74, 6) is 0.615. The fourth-order valence-electron chi connectivity index (χ4n) is 1.79. The molecule has 6 heteroatoms. The molecule has 0 radical (unpaired) electrons. The highest BCUT2D eigenvalue weighted by atomic mass is 19.3. The molecule has 1 aromatic carbocycles. The number of methoxy groups -OCH3 is 1. The Morgan fingerprint density at radius 2 is 2.05 bits per heavy atom. The van der Waals surface area contributed by atoms with E-state index in [2.05, 4.69) is 10.1 Å². The summed E-state index contributed by atoms with van der Waals surface area (Å²) in [4.78, 5) is 0. The zero-order valence-corrected chi connectivity index (χ0v) is 11.1. The maximum Gasteiger partial charge on any atom is 0.387 e. The van der Waals surface area contributed by atoms with Crippen LogP contribution in [0.4, 0.5) is 14.5 Å². The van der Waals surface area contributed by atoms with Gasteiger partial charge >= 0.3 is 6.61 Å². The van der Waals surface area contributed by atoms with Crippen LogP contribution in [-0.2, 0) is 0 Å². The number of ether oxygens (including phenoxy) is 2. The maximum atomic E-state index is 12.4. The van der Waals surface area contributed by atoms with E-state index in [0.717, 1.165) is 5.56 Å². The van der Waals surface area contributed by atoms with Gasteiger partial charge in [0.05, 0.1) is 31.4 Å². The Labute approximate surface area is 115 Å². The van der Waals surface area contributed by atoms with E-state index in [0.29, 0.717) is 11.4 Å². The molecule has 0 bridgehead atoms. The van der Waals surface area contributed by atoms with Crippen LogP contribution in [-0.4, -0.2) is 13.7 Å². The van der Waals surface area contributed by atoms with Crippen LogP contribution in [0.15, 0.2) is 41.2 Å². The number of anilines is 1. The normalized spacial score (nSPS) is 12.2. The summed E-state index contributed by atoms with van der Waals surface area (Å²) in [6.07, 6.45) is 3.14. The van der Waals surface area contributed by atoms with Crippen molar-refractivity contribution in [3.05, 3.63) is 42.4 Å². The number of rotatable bonds is 6. The van der Waals surface area contributed by atoms with Crippen LogP contribution in [0.5, 0.6) is 11.5 Å². The quantitative estimate of drug-likeness (QED) is 0.868. The Balaban J connectivity index is 2.23. The Kier molecular flexibility index (Phi) is 4.45. The first kappa shape index (κ1) is 14.2. The van der Waals surface area contributed by atoms with E-state index >= 15 is 0 Å². The largest absolute Gasteiger partial charge is 0.497 e. The maximum absolute atomic E-state index is 12.4. The summed E-state index contributed by atoms with van der Waals surface area (Å²) in [6, 6.07) is 6.28. The zero-order valence-electron chi connectivity index (χ0n) is 11.1. The van der Waals surface area contributed by atoms with Gasteiger partial charge in [0.25, 0.3) is 0 Å². The Hall–Kier alpha value is -2.24. The van der Waals surface area contributed by atoms with Crippen molar-refractivity contribution in [2.24, 2.45) is 0 Å². The standard InChI is InChI=1S/C14H15F2NO3/c1-9(10-5-6-19-8-10)17-12-7-11(18-2)3-4-13(12)20-14(15)16/h3-9,14,17H,1-2H3. The molecule has 0 amide bonds. The van der Waals surface area contributed by atoms with E-state index in [1.807, 2.05) is 6.92 Å². The van der Waals surface area contributed by atoms with Gasteiger partial charge in [0.1, 0.15) is 11.5 Å². The number of hydrogen-bond donors (Lipinski definition) is 1. The molecule has 20 heavy (non-hydrogen) atoms. The number of benzene rings is 1. The van der Waals surface area contributed by atoms with Gasteiger partial charge in [-0.1, -0.05) is 0 Å². The third-order valence-corrected chi connectivity index (χ3v) is 2.82. The first-order chi connectivity index (χ1) is 9.60. The van der Waals surface area contributed by atoms with Gasteiger partial charge in [-0.3, -0.25) is 0 Å². The predicted molar refractivity (Wildman–Crippen MR) is 70.4 cm³/mol. The van der Waals surface area contributed by atoms with Gasteiger partial charge in [0.2, 0.25) is 0 Å². The van der Waals surface area contributed by atoms with Crippen LogP contribution in [0.25, 0.3) is 0 Å². The molecule has 1 heterocycles. The minimum Gasteiger partial charge on any atom is -0.497 e. The van der Waals surface area contributed by atoms with E-state index < -0.39 is 6.61 Å². The number of nitrogens with one attached hydrogen (secondary N) is 1. The average molecular weight is 283 g/mol. The SMILES string of the molecule is COc1ccc(OC(F)F)c(NC(C)c2ccoc2)c1. The molecule has 0 spiro atoms. The number of hydrogen-bond acceptors (Lipinski definition) is 4. The Bertz CT molecular complexity index is 543. The molecule has 1 aromatic heterocycles. The summed E-state index contributed by atoms with van der Waals surface area (Å²) >= 11 is 0. The van der Waals surface area contributed by atoms with Gasteiger partial charge < -0.3 is 19.2 Å². The highest BCUT2D eigenvalue weighted by molar-refractivity contribution is 5.60.